The SMILES string of the molecule is C=C(C(=O)OC)C(c1ccccc1F)n1ccc2cc(Br)ccc21. The van der Waals surface area contributed by atoms with Crippen molar-refractivity contribution in [3.05, 3.63) is 82.7 Å². The highest BCUT2D eigenvalue weighted by molar-refractivity contribution is 9.10. The Morgan fingerprint density at radius 3 is 2.71 bits per heavy atom. The first-order valence-electron chi connectivity index (χ1n) is 7.30. The molecule has 2 aromatic carbocycles. The molecule has 3 nitrogen and oxygen atoms in total. The summed E-state index contributed by atoms with van der Waals surface area (Å²) in [6.07, 6.45) is 1.82. The summed E-state index contributed by atoms with van der Waals surface area (Å²) in [6, 6.07) is 13.4. The van der Waals surface area contributed by atoms with Gasteiger partial charge < -0.3 is 9.30 Å². The van der Waals surface area contributed by atoms with Crippen molar-refractivity contribution >= 4 is 32.8 Å². The quantitative estimate of drug-likeness (QED) is 0.472. The molecule has 0 spiro atoms. The first-order chi connectivity index (χ1) is 11.5. The van der Waals surface area contributed by atoms with Crippen LogP contribution in [0.4, 0.5) is 4.39 Å². The van der Waals surface area contributed by atoms with Crippen LogP contribution in [0.1, 0.15) is 11.6 Å². The Kier molecular flexibility index (Phi) is 4.53. The summed E-state index contributed by atoms with van der Waals surface area (Å²) < 4.78 is 22.0. The van der Waals surface area contributed by atoms with Crippen LogP contribution in [0, 0.1) is 5.82 Å². The lowest BCUT2D eigenvalue weighted by Gasteiger charge is -2.22. The summed E-state index contributed by atoms with van der Waals surface area (Å²) in [4.78, 5) is 12.1. The lowest BCUT2D eigenvalue weighted by molar-refractivity contribution is -0.136. The summed E-state index contributed by atoms with van der Waals surface area (Å²) in [5.74, 6) is -0.964. The Hall–Kier alpha value is -2.40. The first-order valence-corrected chi connectivity index (χ1v) is 8.10. The molecule has 1 aromatic heterocycles. The second kappa shape index (κ2) is 6.61. The van der Waals surface area contributed by atoms with Crippen molar-refractivity contribution in [2.24, 2.45) is 0 Å². The number of hydrogen-bond acceptors (Lipinski definition) is 2. The first kappa shape index (κ1) is 16.5. The van der Waals surface area contributed by atoms with Crippen molar-refractivity contribution in [1.82, 2.24) is 4.57 Å². The largest absolute Gasteiger partial charge is 0.466 e. The topological polar surface area (TPSA) is 31.2 Å². The van der Waals surface area contributed by atoms with Gasteiger partial charge in [0, 0.05) is 27.1 Å². The van der Waals surface area contributed by atoms with Crippen LogP contribution in [-0.2, 0) is 9.53 Å². The molecule has 3 aromatic rings. The zero-order chi connectivity index (χ0) is 17.3. The van der Waals surface area contributed by atoms with Gasteiger partial charge in [-0.2, -0.15) is 0 Å². The lowest BCUT2D eigenvalue weighted by Crippen LogP contribution is -2.19. The van der Waals surface area contributed by atoms with Crippen molar-refractivity contribution in [3.63, 3.8) is 0 Å². The van der Waals surface area contributed by atoms with Gasteiger partial charge in [-0.15, -0.1) is 0 Å². The summed E-state index contributed by atoms with van der Waals surface area (Å²) in [7, 11) is 1.29. The van der Waals surface area contributed by atoms with Gasteiger partial charge >= 0.3 is 5.97 Å². The zero-order valence-corrected chi connectivity index (χ0v) is 14.6. The summed E-state index contributed by atoms with van der Waals surface area (Å²) in [5, 5.41) is 0.975. The predicted octanol–water partition coefficient (Wildman–Crippen LogP) is 4.86. The Balaban J connectivity index is 2.22. The van der Waals surface area contributed by atoms with Gasteiger partial charge in [-0.3, -0.25) is 0 Å². The third kappa shape index (κ3) is 2.87. The zero-order valence-electron chi connectivity index (χ0n) is 13.0. The summed E-state index contributed by atoms with van der Waals surface area (Å²) in [5.41, 5.74) is 1.41. The van der Waals surface area contributed by atoms with Gasteiger partial charge in [0.2, 0.25) is 0 Å². The number of nitrogens with zero attached hydrogens (tertiary/aromatic N) is 1. The van der Waals surface area contributed by atoms with E-state index in [9.17, 15) is 9.18 Å². The van der Waals surface area contributed by atoms with Gasteiger partial charge in [0.15, 0.2) is 0 Å². The average molecular weight is 388 g/mol. The van der Waals surface area contributed by atoms with Crippen molar-refractivity contribution in [1.29, 1.82) is 0 Å². The van der Waals surface area contributed by atoms with E-state index in [2.05, 4.69) is 22.5 Å². The van der Waals surface area contributed by atoms with E-state index in [-0.39, 0.29) is 5.57 Å². The fraction of sp³-hybridized carbons (Fsp3) is 0.105. The standard InChI is InChI=1S/C19H15BrFNO2/c1-12(19(23)24-2)18(15-5-3-4-6-16(15)21)22-10-9-13-11-14(20)7-8-17(13)22/h3-11,18H,1H2,2H3. The molecule has 1 unspecified atom stereocenters. The molecule has 1 heterocycles. The molecule has 0 radical (unpaired) electrons. The molecule has 1 atom stereocenters. The third-order valence-corrected chi connectivity index (χ3v) is 4.43. The monoisotopic (exact) mass is 387 g/mol. The molecule has 0 amide bonds. The molecule has 122 valence electrons. The minimum Gasteiger partial charge on any atom is -0.466 e. The van der Waals surface area contributed by atoms with E-state index in [0.29, 0.717) is 5.56 Å². The van der Waals surface area contributed by atoms with E-state index in [0.717, 1.165) is 15.4 Å². The second-order valence-corrected chi connectivity index (χ2v) is 6.28. The maximum Gasteiger partial charge on any atom is 0.335 e. The molecule has 5 heteroatoms. The maximum atomic E-state index is 14.4. The minimum atomic E-state index is -0.683. The molecular formula is C19H15BrFNO2. The van der Waals surface area contributed by atoms with E-state index >= 15 is 0 Å². The van der Waals surface area contributed by atoms with Crippen LogP contribution >= 0.6 is 15.9 Å². The fourth-order valence-electron chi connectivity index (χ4n) is 2.81. The number of carbonyl (C=O) groups is 1. The van der Waals surface area contributed by atoms with Gasteiger partial charge in [-0.25, -0.2) is 9.18 Å². The number of ether oxygens (including phenoxy) is 1. The van der Waals surface area contributed by atoms with Gasteiger partial charge in [0.25, 0.3) is 0 Å². The maximum absolute atomic E-state index is 14.4. The van der Waals surface area contributed by atoms with Gasteiger partial charge in [-0.1, -0.05) is 40.7 Å². The van der Waals surface area contributed by atoms with E-state index in [1.54, 1.807) is 18.2 Å². The van der Waals surface area contributed by atoms with E-state index in [1.165, 1.54) is 13.2 Å². The Morgan fingerprint density at radius 1 is 1.25 bits per heavy atom. The number of benzene rings is 2. The van der Waals surface area contributed by atoms with Crippen LogP contribution in [-0.4, -0.2) is 17.6 Å². The molecular weight excluding hydrogens is 373 g/mol. The molecule has 0 aliphatic heterocycles. The van der Waals surface area contributed by atoms with Crippen LogP contribution < -0.4 is 0 Å². The number of rotatable bonds is 4. The number of hydrogen-bond donors (Lipinski definition) is 0. The average Bonchev–Trinajstić information content (AvgIpc) is 2.98. The fourth-order valence-corrected chi connectivity index (χ4v) is 3.18. The van der Waals surface area contributed by atoms with Crippen LogP contribution in [0.5, 0.6) is 0 Å². The Labute approximate surface area is 147 Å². The van der Waals surface area contributed by atoms with Crippen LogP contribution in [0.15, 0.2) is 71.4 Å². The minimum absolute atomic E-state index is 0.169. The third-order valence-electron chi connectivity index (χ3n) is 3.94. The smallest absolute Gasteiger partial charge is 0.335 e. The molecule has 0 aliphatic rings. The van der Waals surface area contributed by atoms with Gasteiger partial charge in [0.05, 0.1) is 18.7 Å². The predicted molar refractivity (Wildman–Crippen MR) is 95.3 cm³/mol. The second-order valence-electron chi connectivity index (χ2n) is 5.37. The molecule has 0 N–H and O–H groups in total. The number of fused-ring (bicyclic) bond motifs is 1. The number of esters is 1. The number of carbonyl (C=O) groups excluding carboxylic acids is 1. The molecule has 0 bridgehead atoms. The molecule has 3 rings (SSSR count). The molecule has 24 heavy (non-hydrogen) atoms. The number of halogens is 2. The molecule has 0 fully saturated rings. The van der Waals surface area contributed by atoms with Crippen molar-refractivity contribution in [2.45, 2.75) is 6.04 Å². The number of methoxy groups -OCH3 is 1. The normalized spacial score (nSPS) is 12.1. The highest BCUT2D eigenvalue weighted by Crippen LogP contribution is 2.33. The van der Waals surface area contributed by atoms with Crippen molar-refractivity contribution < 1.29 is 13.9 Å². The lowest BCUT2D eigenvalue weighted by atomic mass is 9.98. The summed E-state index contributed by atoms with van der Waals surface area (Å²) >= 11 is 3.44. The van der Waals surface area contributed by atoms with Crippen molar-refractivity contribution in [2.75, 3.05) is 7.11 Å². The van der Waals surface area contributed by atoms with Gasteiger partial charge in [-0.05, 0) is 30.3 Å². The van der Waals surface area contributed by atoms with E-state index in [4.69, 9.17) is 4.74 Å². The molecule has 0 aliphatic carbocycles. The Morgan fingerprint density at radius 2 is 2.00 bits per heavy atom. The molecule has 0 saturated carbocycles. The highest BCUT2D eigenvalue weighted by atomic mass is 79.9. The molecule has 0 saturated heterocycles. The van der Waals surface area contributed by atoms with Crippen LogP contribution in [0.3, 0.4) is 0 Å². The van der Waals surface area contributed by atoms with Gasteiger partial charge in [0.1, 0.15) is 5.82 Å². The van der Waals surface area contributed by atoms with Crippen molar-refractivity contribution in [3.8, 4) is 0 Å². The van der Waals surface area contributed by atoms with E-state index in [1.807, 2.05) is 35.0 Å². The van der Waals surface area contributed by atoms with E-state index < -0.39 is 17.8 Å². The summed E-state index contributed by atoms with van der Waals surface area (Å²) in [6.45, 7) is 3.85. The van der Waals surface area contributed by atoms with Crippen LogP contribution in [0.25, 0.3) is 10.9 Å². The van der Waals surface area contributed by atoms with Crippen LogP contribution in [0.2, 0.25) is 0 Å². The Bertz CT molecular complexity index is 932. The number of aromatic nitrogens is 1. The highest BCUT2D eigenvalue weighted by Gasteiger charge is 2.26.